The van der Waals surface area contributed by atoms with Gasteiger partial charge in [-0.05, 0) is 69.1 Å². The normalized spacial score (nSPS) is 15.5. The standard InChI is InChI=1S/C25H28N6O3S/c1-17-23(8-11-31(17)35(33,34)22-6-9-29(2)10-7-22)25(32)28-24-13-20-12-18(4-5-19(20)14-26-24)21-15-27-30(3)16-21/h4-5,8,11-16,22H,6-7,9-10H2,1-3H3,(H,26,28,32). The predicted molar refractivity (Wildman–Crippen MR) is 136 cm³/mol. The number of hydrogen-bond donors (Lipinski definition) is 1. The number of aromatic nitrogens is 4. The van der Waals surface area contributed by atoms with Crippen molar-refractivity contribution >= 4 is 32.5 Å². The van der Waals surface area contributed by atoms with Crippen molar-refractivity contribution < 1.29 is 13.2 Å². The number of rotatable bonds is 5. The number of amides is 1. The quantitative estimate of drug-likeness (QED) is 0.459. The summed E-state index contributed by atoms with van der Waals surface area (Å²) in [4.78, 5) is 19.5. The lowest BCUT2D eigenvalue weighted by atomic mass is 10.1. The highest BCUT2D eigenvalue weighted by molar-refractivity contribution is 7.90. The van der Waals surface area contributed by atoms with Gasteiger partial charge in [-0.25, -0.2) is 17.4 Å². The van der Waals surface area contributed by atoms with Gasteiger partial charge in [0.1, 0.15) is 5.82 Å². The van der Waals surface area contributed by atoms with Gasteiger partial charge in [-0.1, -0.05) is 12.1 Å². The number of hydrogen-bond acceptors (Lipinski definition) is 6. The first kappa shape index (κ1) is 23.3. The van der Waals surface area contributed by atoms with Gasteiger partial charge < -0.3 is 10.2 Å². The van der Waals surface area contributed by atoms with Crippen molar-refractivity contribution in [2.45, 2.75) is 25.0 Å². The van der Waals surface area contributed by atoms with Crippen LogP contribution in [0.2, 0.25) is 0 Å². The zero-order chi connectivity index (χ0) is 24.7. The second kappa shape index (κ2) is 8.94. The number of piperidine rings is 1. The summed E-state index contributed by atoms with van der Waals surface area (Å²) in [6, 6.07) is 9.39. The van der Waals surface area contributed by atoms with Crippen molar-refractivity contribution in [2.75, 3.05) is 25.5 Å². The number of pyridine rings is 1. The SMILES string of the molecule is Cc1c(C(=O)Nc2cc3cc(-c4cnn(C)c4)ccc3cn2)ccn1S(=O)(=O)C1CCN(C)CC1. The molecule has 1 aliphatic heterocycles. The largest absolute Gasteiger partial charge is 0.306 e. The lowest BCUT2D eigenvalue weighted by Gasteiger charge is -2.29. The Kier molecular flexibility index (Phi) is 5.94. The van der Waals surface area contributed by atoms with Crippen LogP contribution in [0.25, 0.3) is 21.9 Å². The summed E-state index contributed by atoms with van der Waals surface area (Å²) in [6.07, 6.45) is 8.10. The van der Waals surface area contributed by atoms with Crippen molar-refractivity contribution in [1.29, 1.82) is 0 Å². The molecule has 0 radical (unpaired) electrons. The van der Waals surface area contributed by atoms with E-state index < -0.39 is 21.2 Å². The molecule has 0 atom stereocenters. The molecule has 4 aromatic rings. The molecule has 1 fully saturated rings. The monoisotopic (exact) mass is 492 g/mol. The Bertz CT molecular complexity index is 1510. The topological polar surface area (TPSA) is 102 Å². The second-order valence-corrected chi connectivity index (χ2v) is 11.2. The number of fused-ring (bicyclic) bond motifs is 1. The molecular weight excluding hydrogens is 464 g/mol. The molecule has 0 unspecified atom stereocenters. The van der Waals surface area contributed by atoms with Gasteiger partial charge in [-0.3, -0.25) is 9.48 Å². The van der Waals surface area contributed by atoms with Gasteiger partial charge in [-0.15, -0.1) is 0 Å². The van der Waals surface area contributed by atoms with Gasteiger partial charge in [0.25, 0.3) is 5.91 Å². The van der Waals surface area contributed by atoms with Crippen LogP contribution < -0.4 is 5.32 Å². The highest BCUT2D eigenvalue weighted by Crippen LogP contribution is 2.26. The van der Waals surface area contributed by atoms with Crippen molar-refractivity contribution in [2.24, 2.45) is 7.05 Å². The molecule has 1 saturated heterocycles. The van der Waals surface area contributed by atoms with Crippen LogP contribution in [0.4, 0.5) is 5.82 Å². The summed E-state index contributed by atoms with van der Waals surface area (Å²) in [5.74, 6) is 0.00579. The molecule has 182 valence electrons. The van der Waals surface area contributed by atoms with Gasteiger partial charge in [0, 0.05) is 42.3 Å². The number of carbonyl (C=O) groups is 1. The molecule has 10 heteroatoms. The minimum atomic E-state index is -3.57. The van der Waals surface area contributed by atoms with Crippen molar-refractivity contribution in [3.8, 4) is 11.1 Å². The molecule has 1 aromatic carbocycles. The highest BCUT2D eigenvalue weighted by Gasteiger charge is 2.32. The Morgan fingerprint density at radius 2 is 1.80 bits per heavy atom. The molecule has 5 rings (SSSR count). The van der Waals surface area contributed by atoms with Crippen LogP contribution in [0.5, 0.6) is 0 Å². The summed E-state index contributed by atoms with van der Waals surface area (Å²) >= 11 is 0. The molecule has 1 N–H and O–H groups in total. The lowest BCUT2D eigenvalue weighted by Crippen LogP contribution is -2.39. The maximum atomic E-state index is 13.2. The summed E-state index contributed by atoms with van der Waals surface area (Å²) in [5, 5.41) is 8.47. The second-order valence-electron chi connectivity index (χ2n) is 9.15. The summed E-state index contributed by atoms with van der Waals surface area (Å²) in [5.41, 5.74) is 2.73. The van der Waals surface area contributed by atoms with Crippen LogP contribution in [-0.2, 0) is 17.1 Å². The van der Waals surface area contributed by atoms with Crippen LogP contribution in [0, 0.1) is 6.92 Å². The fraction of sp³-hybridized carbons (Fsp3) is 0.320. The fourth-order valence-electron chi connectivity index (χ4n) is 4.60. The first-order valence-electron chi connectivity index (χ1n) is 11.5. The molecule has 35 heavy (non-hydrogen) atoms. The van der Waals surface area contributed by atoms with E-state index in [9.17, 15) is 13.2 Å². The Morgan fingerprint density at radius 1 is 1.03 bits per heavy atom. The van der Waals surface area contributed by atoms with Crippen molar-refractivity contribution in [1.82, 2.24) is 23.6 Å². The van der Waals surface area contributed by atoms with E-state index in [-0.39, 0.29) is 0 Å². The van der Waals surface area contributed by atoms with Crippen LogP contribution in [0.15, 0.2) is 55.1 Å². The molecule has 0 bridgehead atoms. The van der Waals surface area contributed by atoms with E-state index in [1.807, 2.05) is 44.6 Å². The van der Waals surface area contributed by atoms with Gasteiger partial charge in [0.15, 0.2) is 0 Å². The van der Waals surface area contributed by atoms with E-state index >= 15 is 0 Å². The van der Waals surface area contributed by atoms with E-state index in [2.05, 4.69) is 20.3 Å². The fourth-order valence-corrected chi connectivity index (χ4v) is 6.43. The Balaban J connectivity index is 1.38. The molecule has 0 aliphatic carbocycles. The first-order chi connectivity index (χ1) is 16.7. The van der Waals surface area contributed by atoms with Crippen LogP contribution in [0.1, 0.15) is 28.9 Å². The zero-order valence-electron chi connectivity index (χ0n) is 20.0. The van der Waals surface area contributed by atoms with E-state index in [1.54, 1.807) is 30.1 Å². The Morgan fingerprint density at radius 3 is 2.51 bits per heavy atom. The summed E-state index contributed by atoms with van der Waals surface area (Å²) in [6.45, 7) is 3.15. The molecule has 9 nitrogen and oxygen atoms in total. The number of benzene rings is 1. The summed E-state index contributed by atoms with van der Waals surface area (Å²) in [7, 11) is 0.292. The van der Waals surface area contributed by atoms with Gasteiger partial charge in [0.2, 0.25) is 10.0 Å². The first-order valence-corrected chi connectivity index (χ1v) is 13.0. The van der Waals surface area contributed by atoms with Crippen LogP contribution in [-0.4, -0.2) is 63.3 Å². The molecule has 1 aliphatic rings. The van der Waals surface area contributed by atoms with E-state index in [4.69, 9.17) is 0 Å². The van der Waals surface area contributed by atoms with Gasteiger partial charge in [0.05, 0.1) is 17.0 Å². The molecule has 0 spiro atoms. The van der Waals surface area contributed by atoms with Gasteiger partial charge in [-0.2, -0.15) is 5.10 Å². The highest BCUT2D eigenvalue weighted by atomic mass is 32.2. The third-order valence-corrected chi connectivity index (χ3v) is 8.96. The number of nitrogens with zero attached hydrogens (tertiary/aromatic N) is 5. The maximum absolute atomic E-state index is 13.2. The summed E-state index contributed by atoms with van der Waals surface area (Å²) < 4.78 is 29.4. The number of anilines is 1. The number of likely N-dealkylation sites (tertiary alicyclic amines) is 1. The Hall–Kier alpha value is -3.50. The number of nitrogens with one attached hydrogen (secondary N) is 1. The lowest BCUT2D eigenvalue weighted by molar-refractivity contribution is 0.102. The third kappa shape index (κ3) is 4.46. The average molecular weight is 493 g/mol. The molecule has 3 aromatic heterocycles. The molecular formula is C25H28N6O3S. The minimum Gasteiger partial charge on any atom is -0.306 e. The van der Waals surface area contributed by atoms with E-state index in [0.717, 1.165) is 35.0 Å². The minimum absolute atomic E-state index is 0.313. The van der Waals surface area contributed by atoms with Crippen LogP contribution >= 0.6 is 0 Å². The maximum Gasteiger partial charge on any atom is 0.258 e. The van der Waals surface area contributed by atoms with Crippen LogP contribution in [0.3, 0.4) is 0 Å². The zero-order valence-corrected chi connectivity index (χ0v) is 20.8. The third-order valence-electron chi connectivity index (χ3n) is 6.70. The van der Waals surface area contributed by atoms with E-state index in [1.165, 1.54) is 10.2 Å². The van der Waals surface area contributed by atoms with Crippen molar-refractivity contribution in [3.63, 3.8) is 0 Å². The molecule has 1 amide bonds. The smallest absolute Gasteiger partial charge is 0.258 e. The number of carbonyl (C=O) groups excluding carboxylic acids is 1. The average Bonchev–Trinajstić information content (AvgIpc) is 3.45. The number of aryl methyl sites for hydroxylation is 1. The molecule has 0 saturated carbocycles. The Labute approximate surface area is 204 Å². The van der Waals surface area contributed by atoms with Gasteiger partial charge >= 0.3 is 0 Å². The predicted octanol–water partition coefficient (Wildman–Crippen LogP) is 3.27. The van der Waals surface area contributed by atoms with Crippen molar-refractivity contribution in [3.05, 3.63) is 66.4 Å². The van der Waals surface area contributed by atoms with E-state index in [0.29, 0.717) is 29.9 Å². The molecule has 4 heterocycles.